The minimum atomic E-state index is -5.08. The number of rotatable bonds is 3. The van der Waals surface area contributed by atoms with Gasteiger partial charge in [0.1, 0.15) is 0 Å². The van der Waals surface area contributed by atoms with Crippen molar-refractivity contribution in [1.82, 2.24) is 20.1 Å². The molecule has 1 saturated carbocycles. The number of halogens is 6. The highest BCUT2D eigenvalue weighted by molar-refractivity contribution is 5.74. The Hall–Kier alpha value is -3.10. The number of carboxylic acid groups (broad SMARTS) is 2. The molecule has 0 bridgehead atoms. The molecule has 1 aromatic heterocycles. The lowest BCUT2D eigenvalue weighted by atomic mass is 9.60. The first kappa shape index (κ1) is 31.9. The number of urea groups is 1. The van der Waals surface area contributed by atoms with Crippen LogP contribution in [0.1, 0.15) is 36.9 Å². The molecule has 0 unspecified atom stereocenters. The third kappa shape index (κ3) is 10.8. The van der Waals surface area contributed by atoms with Gasteiger partial charge in [0.15, 0.2) is 0 Å². The van der Waals surface area contributed by atoms with E-state index in [1.807, 2.05) is 12.3 Å². The molecule has 1 spiro atoms. The standard InChI is InChI=1S/C18H28N4O.2C2HF3O2/c1-14-5-4-8-19-16(14)13-22-9-6-18(7-10-22)11-15(12-18)20-17(23)21(2)3;2*3-2(4,5)1(6)7/h4-5,8,15H,6-7,9-13H2,1-3H3,(H,20,23);2*(H,6,7). The third-order valence-electron chi connectivity index (χ3n) is 5.99. The summed E-state index contributed by atoms with van der Waals surface area (Å²) in [5.41, 5.74) is 2.95. The Morgan fingerprint density at radius 2 is 1.51 bits per heavy atom. The van der Waals surface area contributed by atoms with Gasteiger partial charge in [-0.2, -0.15) is 26.3 Å². The predicted octanol–water partition coefficient (Wildman–Crippen LogP) is 3.67. The number of aromatic nitrogens is 1. The predicted molar refractivity (Wildman–Crippen MR) is 119 cm³/mol. The summed E-state index contributed by atoms with van der Waals surface area (Å²) in [5, 5.41) is 17.4. The van der Waals surface area contributed by atoms with Gasteiger partial charge in [-0.15, -0.1) is 0 Å². The summed E-state index contributed by atoms with van der Waals surface area (Å²) in [5.74, 6) is -5.51. The number of aliphatic carboxylic acids is 2. The third-order valence-corrected chi connectivity index (χ3v) is 5.99. The summed E-state index contributed by atoms with van der Waals surface area (Å²) in [6.07, 6.45) is -3.51. The van der Waals surface area contributed by atoms with Crippen LogP contribution in [0, 0.1) is 12.3 Å². The van der Waals surface area contributed by atoms with Crippen molar-refractivity contribution in [2.75, 3.05) is 27.2 Å². The van der Waals surface area contributed by atoms with Gasteiger partial charge in [0.25, 0.3) is 0 Å². The first-order chi connectivity index (χ1) is 16.9. The maximum absolute atomic E-state index is 11.7. The average Bonchev–Trinajstić information content (AvgIpc) is 2.75. The summed E-state index contributed by atoms with van der Waals surface area (Å²) in [6.45, 7) is 5.38. The average molecular weight is 544 g/mol. The Kier molecular flexibility index (Phi) is 11.2. The number of carbonyl (C=O) groups excluding carboxylic acids is 1. The number of amides is 2. The first-order valence-corrected chi connectivity index (χ1v) is 11.1. The molecule has 0 atom stereocenters. The Morgan fingerprint density at radius 1 is 1.05 bits per heavy atom. The fraction of sp³-hybridized carbons (Fsp3) is 0.636. The van der Waals surface area contributed by atoms with E-state index in [1.54, 1.807) is 19.0 Å². The molecule has 37 heavy (non-hydrogen) atoms. The van der Waals surface area contributed by atoms with Crippen LogP contribution in [0.15, 0.2) is 18.3 Å². The van der Waals surface area contributed by atoms with E-state index in [4.69, 9.17) is 19.8 Å². The number of hydrogen-bond donors (Lipinski definition) is 3. The maximum Gasteiger partial charge on any atom is 0.490 e. The number of alkyl halides is 6. The Labute approximate surface area is 209 Å². The second-order valence-electron chi connectivity index (χ2n) is 9.10. The second kappa shape index (κ2) is 12.9. The lowest BCUT2D eigenvalue weighted by Crippen LogP contribution is -2.56. The number of piperidine rings is 1. The molecule has 3 N–H and O–H groups in total. The van der Waals surface area contributed by atoms with Gasteiger partial charge in [-0.25, -0.2) is 14.4 Å². The monoisotopic (exact) mass is 544 g/mol. The molecule has 210 valence electrons. The molecule has 0 radical (unpaired) electrons. The van der Waals surface area contributed by atoms with Crippen LogP contribution >= 0.6 is 0 Å². The van der Waals surface area contributed by atoms with E-state index in [0.29, 0.717) is 11.5 Å². The molecule has 1 saturated heterocycles. The van der Waals surface area contributed by atoms with Gasteiger partial charge in [-0.3, -0.25) is 9.88 Å². The zero-order chi connectivity index (χ0) is 28.6. The van der Waals surface area contributed by atoms with E-state index in [9.17, 15) is 31.1 Å². The minimum Gasteiger partial charge on any atom is -0.475 e. The highest BCUT2D eigenvalue weighted by Gasteiger charge is 2.46. The Bertz CT molecular complexity index is 899. The van der Waals surface area contributed by atoms with E-state index in [0.717, 1.165) is 32.5 Å². The number of likely N-dealkylation sites (tertiary alicyclic amines) is 1. The maximum atomic E-state index is 11.7. The van der Waals surface area contributed by atoms with Crippen molar-refractivity contribution in [1.29, 1.82) is 0 Å². The van der Waals surface area contributed by atoms with Gasteiger partial charge < -0.3 is 20.4 Å². The van der Waals surface area contributed by atoms with Crippen LogP contribution in [-0.4, -0.2) is 88.5 Å². The van der Waals surface area contributed by atoms with Crippen LogP contribution in [0.5, 0.6) is 0 Å². The van der Waals surface area contributed by atoms with Crippen LogP contribution in [0.4, 0.5) is 31.1 Å². The molecule has 1 aromatic rings. The zero-order valence-corrected chi connectivity index (χ0v) is 20.5. The Balaban J connectivity index is 0.000000404. The van der Waals surface area contributed by atoms with Crippen molar-refractivity contribution in [3.05, 3.63) is 29.6 Å². The molecule has 1 aliphatic heterocycles. The molecule has 2 amide bonds. The van der Waals surface area contributed by atoms with Crippen LogP contribution in [-0.2, 0) is 16.1 Å². The molecule has 3 rings (SSSR count). The molecule has 15 heteroatoms. The zero-order valence-electron chi connectivity index (χ0n) is 20.5. The van der Waals surface area contributed by atoms with Gasteiger partial charge in [0, 0.05) is 32.9 Å². The summed E-state index contributed by atoms with van der Waals surface area (Å²) >= 11 is 0. The lowest BCUT2D eigenvalue weighted by Gasteiger charge is -2.52. The molecular weight excluding hydrogens is 514 g/mol. The molecule has 2 heterocycles. The normalized spacial score (nSPS) is 17.3. The molecule has 0 aromatic carbocycles. The summed E-state index contributed by atoms with van der Waals surface area (Å²) in [6, 6.07) is 4.54. The van der Waals surface area contributed by atoms with E-state index in [2.05, 4.69) is 28.2 Å². The quantitative estimate of drug-likeness (QED) is 0.497. The van der Waals surface area contributed by atoms with Crippen LogP contribution < -0.4 is 5.32 Å². The summed E-state index contributed by atoms with van der Waals surface area (Å²) < 4.78 is 63.5. The number of hydrogen-bond acceptors (Lipinski definition) is 5. The molecule has 2 aliphatic rings. The van der Waals surface area contributed by atoms with Gasteiger partial charge in [-0.05, 0) is 62.7 Å². The van der Waals surface area contributed by atoms with E-state index < -0.39 is 24.3 Å². The summed E-state index contributed by atoms with van der Waals surface area (Å²) in [7, 11) is 3.59. The van der Waals surface area contributed by atoms with Crippen LogP contribution in [0.2, 0.25) is 0 Å². The number of aryl methyl sites for hydroxylation is 1. The lowest BCUT2D eigenvalue weighted by molar-refractivity contribution is -0.193. The van der Waals surface area contributed by atoms with Crippen molar-refractivity contribution in [3.63, 3.8) is 0 Å². The highest BCUT2D eigenvalue weighted by atomic mass is 19.4. The number of carbonyl (C=O) groups is 3. The summed E-state index contributed by atoms with van der Waals surface area (Å²) in [4.78, 5) is 38.1. The first-order valence-electron chi connectivity index (χ1n) is 11.1. The fourth-order valence-electron chi connectivity index (χ4n) is 3.88. The van der Waals surface area contributed by atoms with Crippen molar-refractivity contribution in [2.45, 2.75) is 57.5 Å². The van der Waals surface area contributed by atoms with Crippen molar-refractivity contribution >= 4 is 18.0 Å². The second-order valence-corrected chi connectivity index (χ2v) is 9.10. The van der Waals surface area contributed by atoms with E-state index in [1.165, 1.54) is 24.1 Å². The van der Waals surface area contributed by atoms with E-state index in [-0.39, 0.29) is 6.03 Å². The largest absolute Gasteiger partial charge is 0.490 e. The number of nitrogens with zero attached hydrogens (tertiary/aromatic N) is 3. The molecule has 2 fully saturated rings. The van der Waals surface area contributed by atoms with Gasteiger partial charge >= 0.3 is 30.3 Å². The fourth-order valence-corrected chi connectivity index (χ4v) is 3.88. The van der Waals surface area contributed by atoms with Gasteiger partial charge in [-0.1, -0.05) is 6.07 Å². The minimum absolute atomic E-state index is 0.0351. The smallest absolute Gasteiger partial charge is 0.475 e. The van der Waals surface area contributed by atoms with Crippen molar-refractivity contribution in [2.24, 2.45) is 5.41 Å². The SMILES string of the molecule is Cc1cccnc1CN1CCC2(CC1)CC(NC(=O)N(C)C)C2.O=C(O)C(F)(F)F.O=C(O)C(F)(F)F. The molecule has 9 nitrogen and oxygen atoms in total. The van der Waals surface area contributed by atoms with Gasteiger partial charge in [0.05, 0.1) is 5.69 Å². The highest BCUT2D eigenvalue weighted by Crippen LogP contribution is 2.49. The number of carboxylic acids is 2. The topological polar surface area (TPSA) is 123 Å². The van der Waals surface area contributed by atoms with E-state index >= 15 is 0 Å². The van der Waals surface area contributed by atoms with Crippen LogP contribution in [0.25, 0.3) is 0 Å². The Morgan fingerprint density at radius 3 is 1.89 bits per heavy atom. The molecular formula is C22H30F6N4O5. The number of nitrogens with one attached hydrogen (secondary N) is 1. The number of pyridine rings is 1. The molecule has 1 aliphatic carbocycles. The van der Waals surface area contributed by atoms with Crippen molar-refractivity contribution < 1.29 is 50.9 Å². The van der Waals surface area contributed by atoms with Crippen LogP contribution in [0.3, 0.4) is 0 Å². The van der Waals surface area contributed by atoms with Crippen molar-refractivity contribution in [3.8, 4) is 0 Å². The van der Waals surface area contributed by atoms with Gasteiger partial charge in [0.2, 0.25) is 0 Å².